The molecule has 2 amide bonds. The van der Waals surface area contributed by atoms with Gasteiger partial charge in [0.15, 0.2) is 0 Å². The van der Waals surface area contributed by atoms with Gasteiger partial charge in [0, 0.05) is 11.5 Å². The van der Waals surface area contributed by atoms with Crippen molar-refractivity contribution < 1.29 is 9.59 Å². The van der Waals surface area contributed by atoms with Crippen molar-refractivity contribution >= 4 is 17.6 Å². The first-order chi connectivity index (χ1) is 9.25. The lowest BCUT2D eigenvalue weighted by Crippen LogP contribution is -2.39. The van der Waals surface area contributed by atoms with E-state index in [9.17, 15) is 9.59 Å². The minimum Gasteiger partial charge on any atom is -0.347 e. The molecule has 0 spiro atoms. The molecule has 20 heavy (non-hydrogen) atoms. The van der Waals surface area contributed by atoms with Crippen molar-refractivity contribution in [2.24, 2.45) is 5.41 Å². The van der Waals surface area contributed by atoms with Gasteiger partial charge in [-0.15, -0.1) is 0 Å². The van der Waals surface area contributed by atoms with Crippen molar-refractivity contribution in [3.63, 3.8) is 0 Å². The van der Waals surface area contributed by atoms with Crippen molar-refractivity contribution in [3.05, 3.63) is 12.3 Å². The maximum Gasteiger partial charge on any atom is 0.244 e. The molecule has 0 saturated heterocycles. The molecule has 1 rings (SSSR count). The van der Waals surface area contributed by atoms with Crippen molar-refractivity contribution in [3.8, 4) is 0 Å². The lowest BCUT2D eigenvalue weighted by molar-refractivity contribution is -0.130. The summed E-state index contributed by atoms with van der Waals surface area (Å²) >= 11 is 0. The Morgan fingerprint density at radius 1 is 1.40 bits per heavy atom. The Balaban J connectivity index is 2.56. The molecule has 0 fully saturated rings. The molecule has 0 aliphatic carbocycles. The summed E-state index contributed by atoms with van der Waals surface area (Å²) in [5.74, 6) is 0.241. The maximum absolute atomic E-state index is 11.8. The van der Waals surface area contributed by atoms with E-state index < -0.39 is 5.41 Å². The Morgan fingerprint density at radius 2 is 2.05 bits per heavy atom. The minimum atomic E-state index is -0.501. The summed E-state index contributed by atoms with van der Waals surface area (Å²) < 4.78 is 1.77. The van der Waals surface area contributed by atoms with Crippen molar-refractivity contribution in [2.45, 2.75) is 47.1 Å². The van der Waals surface area contributed by atoms with Gasteiger partial charge in [0.2, 0.25) is 11.8 Å². The largest absolute Gasteiger partial charge is 0.347 e. The zero-order chi connectivity index (χ0) is 15.3. The predicted molar refractivity (Wildman–Crippen MR) is 78.3 cm³/mol. The molecular weight excluding hydrogens is 256 g/mol. The SMILES string of the molecule is CCC(C)n1nccc1NC(=O)CNC(=O)C(C)(C)C. The van der Waals surface area contributed by atoms with E-state index in [1.54, 1.807) is 37.7 Å². The zero-order valence-electron chi connectivity index (χ0n) is 12.9. The highest BCUT2D eigenvalue weighted by molar-refractivity contribution is 5.94. The molecule has 1 aromatic heterocycles. The Kier molecular flexibility index (Phi) is 5.30. The smallest absolute Gasteiger partial charge is 0.244 e. The zero-order valence-corrected chi connectivity index (χ0v) is 12.9. The number of carbonyl (C=O) groups excluding carboxylic acids is 2. The number of rotatable bonds is 5. The number of carbonyl (C=O) groups is 2. The van der Waals surface area contributed by atoms with Crippen LogP contribution >= 0.6 is 0 Å². The molecule has 112 valence electrons. The number of aromatic nitrogens is 2. The lowest BCUT2D eigenvalue weighted by Gasteiger charge is -2.18. The van der Waals surface area contributed by atoms with E-state index >= 15 is 0 Å². The van der Waals surface area contributed by atoms with Gasteiger partial charge >= 0.3 is 0 Å². The number of nitrogens with one attached hydrogen (secondary N) is 2. The summed E-state index contributed by atoms with van der Waals surface area (Å²) in [4.78, 5) is 23.5. The van der Waals surface area contributed by atoms with E-state index in [2.05, 4.69) is 22.7 Å². The molecule has 0 aliphatic rings. The minimum absolute atomic E-state index is 0.0399. The first-order valence-corrected chi connectivity index (χ1v) is 6.87. The fourth-order valence-corrected chi connectivity index (χ4v) is 1.55. The van der Waals surface area contributed by atoms with Gasteiger partial charge in [0.05, 0.1) is 18.8 Å². The van der Waals surface area contributed by atoms with E-state index in [0.717, 1.165) is 6.42 Å². The normalized spacial score (nSPS) is 12.8. The molecule has 1 unspecified atom stereocenters. The van der Waals surface area contributed by atoms with Crippen LogP contribution in [0.15, 0.2) is 12.3 Å². The summed E-state index contributed by atoms with van der Waals surface area (Å²) in [6, 6.07) is 1.96. The fraction of sp³-hybridized carbons (Fsp3) is 0.643. The van der Waals surface area contributed by atoms with Crippen LogP contribution < -0.4 is 10.6 Å². The van der Waals surface area contributed by atoms with Gasteiger partial charge in [-0.3, -0.25) is 9.59 Å². The molecule has 0 aliphatic heterocycles. The molecule has 0 saturated carbocycles. The van der Waals surface area contributed by atoms with Crippen LogP contribution in [0.5, 0.6) is 0 Å². The van der Waals surface area contributed by atoms with Gasteiger partial charge in [-0.25, -0.2) is 4.68 Å². The third-order valence-corrected chi connectivity index (χ3v) is 3.04. The lowest BCUT2D eigenvalue weighted by atomic mass is 9.96. The molecular formula is C14H24N4O2. The summed E-state index contributed by atoms with van der Waals surface area (Å²) in [7, 11) is 0. The molecule has 2 N–H and O–H groups in total. The average molecular weight is 280 g/mol. The van der Waals surface area contributed by atoms with Gasteiger partial charge in [-0.05, 0) is 13.3 Å². The fourth-order valence-electron chi connectivity index (χ4n) is 1.55. The van der Waals surface area contributed by atoms with Crippen molar-refractivity contribution in [1.29, 1.82) is 0 Å². The van der Waals surface area contributed by atoms with Gasteiger partial charge in [0.1, 0.15) is 5.82 Å². The standard InChI is InChI=1S/C14H24N4O2/c1-6-10(2)18-11(7-8-16-18)17-12(19)9-15-13(20)14(3,4)5/h7-8,10H,6,9H2,1-5H3,(H,15,20)(H,17,19). The number of hydrogen-bond acceptors (Lipinski definition) is 3. The average Bonchev–Trinajstić information content (AvgIpc) is 2.81. The topological polar surface area (TPSA) is 76.0 Å². The van der Waals surface area contributed by atoms with Crippen LogP contribution in [0.25, 0.3) is 0 Å². The number of amides is 2. The highest BCUT2D eigenvalue weighted by Gasteiger charge is 2.21. The van der Waals surface area contributed by atoms with Crippen LogP contribution in [0.1, 0.15) is 47.1 Å². The predicted octanol–water partition coefficient (Wildman–Crippen LogP) is 1.95. The highest BCUT2D eigenvalue weighted by atomic mass is 16.2. The molecule has 1 atom stereocenters. The Bertz CT molecular complexity index is 474. The molecule has 0 aromatic carbocycles. The first kappa shape index (κ1) is 16.2. The summed E-state index contributed by atoms with van der Waals surface area (Å²) in [6.45, 7) is 9.46. The van der Waals surface area contributed by atoms with Gasteiger partial charge in [0.25, 0.3) is 0 Å². The van der Waals surface area contributed by atoms with Crippen LogP contribution in [0.4, 0.5) is 5.82 Å². The monoisotopic (exact) mass is 280 g/mol. The molecule has 6 heteroatoms. The second-order valence-electron chi connectivity index (χ2n) is 5.90. The second kappa shape index (κ2) is 6.54. The molecule has 1 aromatic rings. The molecule has 6 nitrogen and oxygen atoms in total. The van der Waals surface area contributed by atoms with Gasteiger partial charge in [-0.1, -0.05) is 27.7 Å². The van der Waals surface area contributed by atoms with Gasteiger partial charge in [-0.2, -0.15) is 5.10 Å². The number of nitrogens with zero attached hydrogens (tertiary/aromatic N) is 2. The van der Waals surface area contributed by atoms with E-state index in [-0.39, 0.29) is 24.4 Å². The molecule has 0 bridgehead atoms. The van der Waals surface area contributed by atoms with Crippen molar-refractivity contribution in [2.75, 3.05) is 11.9 Å². The van der Waals surface area contributed by atoms with Crippen LogP contribution in [0.3, 0.4) is 0 Å². The number of anilines is 1. The van der Waals surface area contributed by atoms with E-state index in [1.807, 2.05) is 6.92 Å². The Labute approximate surface area is 119 Å². The molecule has 1 heterocycles. The third kappa shape index (κ3) is 4.36. The second-order valence-corrected chi connectivity index (χ2v) is 5.90. The first-order valence-electron chi connectivity index (χ1n) is 6.87. The maximum atomic E-state index is 11.8. The van der Waals surface area contributed by atoms with E-state index in [4.69, 9.17) is 0 Å². The Morgan fingerprint density at radius 3 is 2.60 bits per heavy atom. The summed E-state index contributed by atoms with van der Waals surface area (Å²) in [5, 5.41) is 9.57. The quantitative estimate of drug-likeness (QED) is 0.865. The van der Waals surface area contributed by atoms with Crippen LogP contribution in [-0.4, -0.2) is 28.1 Å². The van der Waals surface area contributed by atoms with Crippen LogP contribution in [0.2, 0.25) is 0 Å². The highest BCUT2D eigenvalue weighted by Crippen LogP contribution is 2.16. The van der Waals surface area contributed by atoms with Crippen LogP contribution in [0, 0.1) is 5.41 Å². The molecule has 0 radical (unpaired) electrons. The number of hydrogen-bond donors (Lipinski definition) is 2. The Hall–Kier alpha value is -1.85. The summed E-state index contributed by atoms with van der Waals surface area (Å²) in [6.07, 6.45) is 2.57. The van der Waals surface area contributed by atoms with Crippen molar-refractivity contribution in [1.82, 2.24) is 15.1 Å². The van der Waals surface area contributed by atoms with Gasteiger partial charge < -0.3 is 10.6 Å². The van der Waals surface area contributed by atoms with E-state index in [0.29, 0.717) is 5.82 Å². The third-order valence-electron chi connectivity index (χ3n) is 3.04. The summed E-state index contributed by atoms with van der Waals surface area (Å²) in [5.41, 5.74) is -0.501. The van der Waals surface area contributed by atoms with Crippen LogP contribution in [-0.2, 0) is 9.59 Å². The van der Waals surface area contributed by atoms with E-state index in [1.165, 1.54) is 0 Å².